The lowest BCUT2D eigenvalue weighted by molar-refractivity contribution is -0.135. The predicted octanol–water partition coefficient (Wildman–Crippen LogP) is 0.729. The number of rotatable bonds is 5. The van der Waals surface area contributed by atoms with Crippen LogP contribution in [0.4, 0.5) is 0 Å². The highest BCUT2D eigenvalue weighted by Crippen LogP contribution is 2.20. The lowest BCUT2D eigenvalue weighted by Crippen LogP contribution is -2.51. The maximum Gasteiger partial charge on any atom is 0.338 e. The van der Waals surface area contributed by atoms with Crippen LogP contribution in [0.25, 0.3) is 0 Å². The van der Waals surface area contributed by atoms with Gasteiger partial charge >= 0.3 is 5.97 Å². The lowest BCUT2D eigenvalue weighted by Gasteiger charge is -2.33. The van der Waals surface area contributed by atoms with Crippen LogP contribution in [0.1, 0.15) is 10.4 Å². The number of ether oxygens (including phenoxy) is 1. The van der Waals surface area contributed by atoms with E-state index in [4.69, 9.17) is 16.3 Å². The van der Waals surface area contributed by atoms with Crippen LogP contribution in [0.3, 0.4) is 0 Å². The number of esters is 1. The molecule has 1 saturated heterocycles. The van der Waals surface area contributed by atoms with Crippen LogP contribution < -0.4 is 5.56 Å². The van der Waals surface area contributed by atoms with Crippen LogP contribution in [0.2, 0.25) is 5.02 Å². The summed E-state index contributed by atoms with van der Waals surface area (Å²) >= 11 is 5.80. The Kier molecular flexibility index (Phi) is 6.59. The highest BCUT2D eigenvalue weighted by molar-refractivity contribution is 7.89. The molecule has 1 aromatic carbocycles. The summed E-state index contributed by atoms with van der Waals surface area (Å²) in [7, 11) is -2.13. The molecule has 1 aliphatic heterocycles. The molecule has 11 heteroatoms. The number of sulfonamides is 1. The summed E-state index contributed by atoms with van der Waals surface area (Å²) in [5, 5.41) is 0.440. The van der Waals surface area contributed by atoms with Crippen molar-refractivity contribution in [3.63, 3.8) is 0 Å². The Morgan fingerprint density at radius 3 is 2.30 bits per heavy atom. The van der Waals surface area contributed by atoms with Gasteiger partial charge in [-0.05, 0) is 30.3 Å². The van der Waals surface area contributed by atoms with Gasteiger partial charge in [0, 0.05) is 50.5 Å². The molecule has 0 atom stereocenters. The quantitative estimate of drug-likeness (QED) is 0.618. The molecule has 3 rings (SSSR count). The summed E-state index contributed by atoms with van der Waals surface area (Å²) in [6.45, 7) is 0.112. The minimum atomic E-state index is -3.68. The number of pyridine rings is 1. The SMILES string of the molecule is Cn1ccc(C(=O)OCC(=O)N2CCN(S(=O)(=O)c3ccc(Cl)cc3)CC2)cc1=O. The first-order chi connectivity index (χ1) is 14.2. The third-order valence-corrected chi connectivity index (χ3v) is 6.87. The summed E-state index contributed by atoms with van der Waals surface area (Å²) in [6.07, 6.45) is 1.43. The van der Waals surface area contributed by atoms with E-state index in [1.165, 1.54) is 50.3 Å². The van der Waals surface area contributed by atoms with Gasteiger partial charge < -0.3 is 14.2 Å². The molecular weight excluding hydrogens is 434 g/mol. The van der Waals surface area contributed by atoms with E-state index in [1.807, 2.05) is 0 Å². The number of hydrogen-bond acceptors (Lipinski definition) is 6. The van der Waals surface area contributed by atoms with Gasteiger partial charge in [0.2, 0.25) is 10.0 Å². The standard InChI is InChI=1S/C19H20ClN3O6S/c1-21-7-6-14(12-17(21)24)19(26)29-13-18(25)22-8-10-23(11-9-22)30(27,28)16-4-2-15(20)3-5-16/h2-7,12H,8-11,13H2,1H3. The molecule has 9 nitrogen and oxygen atoms in total. The van der Waals surface area contributed by atoms with Gasteiger partial charge in [0.05, 0.1) is 10.5 Å². The molecule has 160 valence electrons. The molecule has 0 saturated carbocycles. The van der Waals surface area contributed by atoms with Crippen molar-refractivity contribution in [2.24, 2.45) is 7.05 Å². The van der Waals surface area contributed by atoms with Crippen molar-refractivity contribution < 1.29 is 22.7 Å². The first-order valence-electron chi connectivity index (χ1n) is 9.06. The van der Waals surface area contributed by atoms with Crippen LogP contribution in [-0.2, 0) is 26.6 Å². The lowest BCUT2D eigenvalue weighted by atomic mass is 10.3. The first kappa shape index (κ1) is 22.0. The van der Waals surface area contributed by atoms with Gasteiger partial charge in [-0.2, -0.15) is 4.31 Å². The maximum atomic E-state index is 12.7. The molecule has 0 unspecified atom stereocenters. The van der Waals surface area contributed by atoms with Crippen molar-refractivity contribution >= 4 is 33.5 Å². The van der Waals surface area contributed by atoms with Gasteiger partial charge in [0.1, 0.15) is 0 Å². The highest BCUT2D eigenvalue weighted by Gasteiger charge is 2.30. The van der Waals surface area contributed by atoms with Gasteiger partial charge in [0.15, 0.2) is 6.61 Å². The largest absolute Gasteiger partial charge is 0.452 e. The van der Waals surface area contributed by atoms with Crippen LogP contribution in [0.5, 0.6) is 0 Å². The number of halogens is 1. The second-order valence-electron chi connectivity index (χ2n) is 6.68. The summed E-state index contributed by atoms with van der Waals surface area (Å²) in [5.74, 6) is -1.21. The summed E-state index contributed by atoms with van der Waals surface area (Å²) in [6, 6.07) is 8.44. The van der Waals surface area contributed by atoms with Gasteiger partial charge in [-0.25, -0.2) is 13.2 Å². The van der Waals surface area contributed by atoms with Crippen molar-refractivity contribution in [1.29, 1.82) is 0 Å². The third-order valence-electron chi connectivity index (χ3n) is 4.71. The Bertz CT molecular complexity index is 1110. The van der Waals surface area contributed by atoms with Gasteiger partial charge in [-0.3, -0.25) is 9.59 Å². The Balaban J connectivity index is 1.53. The molecule has 1 aliphatic rings. The minimum Gasteiger partial charge on any atom is -0.452 e. The van der Waals surface area contributed by atoms with E-state index in [9.17, 15) is 22.8 Å². The molecule has 1 aromatic heterocycles. The molecule has 0 aliphatic carbocycles. The number of carbonyl (C=O) groups is 2. The number of hydrogen-bond donors (Lipinski definition) is 0. The van der Waals surface area contributed by atoms with Crippen LogP contribution in [0.15, 0.2) is 52.3 Å². The Labute approximate surface area is 178 Å². The topological polar surface area (TPSA) is 106 Å². The van der Waals surface area contributed by atoms with Crippen molar-refractivity contribution in [1.82, 2.24) is 13.8 Å². The number of benzene rings is 1. The number of nitrogens with zero attached hydrogens (tertiary/aromatic N) is 3. The summed E-state index contributed by atoms with van der Waals surface area (Å²) < 4.78 is 33.0. The second kappa shape index (κ2) is 8.99. The Hall–Kier alpha value is -2.69. The van der Waals surface area contributed by atoms with E-state index in [-0.39, 0.29) is 42.2 Å². The van der Waals surface area contributed by atoms with Crippen molar-refractivity contribution in [2.45, 2.75) is 4.90 Å². The zero-order chi connectivity index (χ0) is 21.9. The average molecular weight is 454 g/mol. The fourth-order valence-electron chi connectivity index (χ4n) is 2.91. The number of carbonyl (C=O) groups excluding carboxylic acids is 2. The van der Waals surface area contributed by atoms with Gasteiger partial charge in [-0.1, -0.05) is 11.6 Å². The predicted molar refractivity (Wildman–Crippen MR) is 109 cm³/mol. The molecule has 1 fully saturated rings. The Morgan fingerprint density at radius 2 is 1.70 bits per heavy atom. The molecular formula is C19H20ClN3O6S. The fourth-order valence-corrected chi connectivity index (χ4v) is 4.46. The molecule has 0 N–H and O–H groups in total. The van der Waals surface area contributed by atoms with Crippen LogP contribution >= 0.6 is 11.6 Å². The van der Waals surface area contributed by atoms with Gasteiger partial charge in [0.25, 0.3) is 11.5 Å². The second-order valence-corrected chi connectivity index (χ2v) is 9.05. The fraction of sp³-hybridized carbons (Fsp3) is 0.316. The smallest absolute Gasteiger partial charge is 0.338 e. The average Bonchev–Trinajstić information content (AvgIpc) is 2.74. The molecule has 2 aromatic rings. The zero-order valence-electron chi connectivity index (χ0n) is 16.2. The third kappa shape index (κ3) is 4.89. The van der Waals surface area contributed by atoms with E-state index in [1.54, 1.807) is 7.05 Å². The highest BCUT2D eigenvalue weighted by atomic mass is 35.5. The number of aromatic nitrogens is 1. The van der Waals surface area contributed by atoms with E-state index < -0.39 is 28.5 Å². The van der Waals surface area contributed by atoms with Crippen molar-refractivity contribution in [3.8, 4) is 0 Å². The maximum absolute atomic E-state index is 12.7. The van der Waals surface area contributed by atoms with E-state index >= 15 is 0 Å². The van der Waals surface area contributed by atoms with Gasteiger partial charge in [-0.15, -0.1) is 0 Å². The normalized spacial score (nSPS) is 15.1. The summed E-state index contributed by atoms with van der Waals surface area (Å²) in [4.78, 5) is 37.5. The zero-order valence-corrected chi connectivity index (χ0v) is 17.7. The molecule has 0 bridgehead atoms. The van der Waals surface area contributed by atoms with Crippen LogP contribution in [-0.4, -0.2) is 66.9 Å². The van der Waals surface area contributed by atoms with E-state index in [2.05, 4.69) is 0 Å². The first-order valence-corrected chi connectivity index (χ1v) is 10.9. The molecule has 0 spiro atoms. The minimum absolute atomic E-state index is 0.0600. The molecule has 0 radical (unpaired) electrons. The number of aryl methyl sites for hydroxylation is 1. The summed E-state index contributed by atoms with van der Waals surface area (Å²) in [5.41, 5.74) is -0.307. The molecule has 2 heterocycles. The molecule has 1 amide bonds. The number of amides is 1. The number of piperazine rings is 1. The van der Waals surface area contributed by atoms with Crippen molar-refractivity contribution in [2.75, 3.05) is 32.8 Å². The van der Waals surface area contributed by atoms with E-state index in [0.29, 0.717) is 5.02 Å². The Morgan fingerprint density at radius 1 is 1.07 bits per heavy atom. The monoisotopic (exact) mass is 453 g/mol. The van der Waals surface area contributed by atoms with E-state index in [0.717, 1.165) is 6.07 Å². The molecule has 30 heavy (non-hydrogen) atoms. The van der Waals surface area contributed by atoms with Crippen molar-refractivity contribution in [3.05, 3.63) is 63.5 Å². The van der Waals surface area contributed by atoms with Crippen LogP contribution in [0, 0.1) is 0 Å².